The summed E-state index contributed by atoms with van der Waals surface area (Å²) in [6.45, 7) is 12.7. The van der Waals surface area contributed by atoms with E-state index < -0.39 is 14.1 Å². The molecular formula is C23H38N7O5P. The van der Waals surface area contributed by atoms with E-state index in [9.17, 15) is 9.59 Å². The minimum atomic E-state index is -1.31. The second kappa shape index (κ2) is 12.8. The molecule has 3 atom stereocenters. The number of fused-ring (bicyclic) bond motifs is 1. The summed E-state index contributed by atoms with van der Waals surface area (Å²) in [5.74, 6) is -0.410. The third-order valence-electron chi connectivity index (χ3n) is 5.68. The Kier molecular flexibility index (Phi) is 10.1. The first kappa shape index (κ1) is 28.3. The highest BCUT2D eigenvalue weighted by Gasteiger charge is 2.32. The number of H-pyrrole nitrogens is 1. The second-order valence-electron chi connectivity index (χ2n) is 9.60. The summed E-state index contributed by atoms with van der Waals surface area (Å²) in [7, 11) is -1.31. The number of hydrogen-bond donors (Lipinski definition) is 3. The third-order valence-corrected chi connectivity index (χ3v) is 7.75. The van der Waals surface area contributed by atoms with Crippen molar-refractivity contribution in [3.8, 4) is 0 Å². The number of carbonyl (C=O) groups excluding carboxylic acids is 1. The maximum Gasteiger partial charge on any atom is 0.280 e. The zero-order valence-electron chi connectivity index (χ0n) is 21.9. The molecule has 3 rings (SSSR count). The fourth-order valence-corrected chi connectivity index (χ4v) is 5.60. The van der Waals surface area contributed by atoms with Crippen molar-refractivity contribution in [2.45, 2.75) is 85.2 Å². The van der Waals surface area contributed by atoms with Gasteiger partial charge in [-0.05, 0) is 46.8 Å². The third kappa shape index (κ3) is 6.95. The molecule has 0 bridgehead atoms. The summed E-state index contributed by atoms with van der Waals surface area (Å²) in [5.41, 5.74) is 0.117. The van der Waals surface area contributed by atoms with Gasteiger partial charge in [-0.1, -0.05) is 13.8 Å². The van der Waals surface area contributed by atoms with Crippen LogP contribution >= 0.6 is 8.53 Å². The Morgan fingerprint density at radius 2 is 2.03 bits per heavy atom. The van der Waals surface area contributed by atoms with Gasteiger partial charge in [0.25, 0.3) is 14.1 Å². The van der Waals surface area contributed by atoms with Gasteiger partial charge in [-0.3, -0.25) is 24.5 Å². The van der Waals surface area contributed by atoms with Crippen molar-refractivity contribution in [2.75, 3.05) is 18.5 Å². The Bertz CT molecular complexity index is 1080. The van der Waals surface area contributed by atoms with E-state index in [1.807, 2.05) is 0 Å². The van der Waals surface area contributed by atoms with Crippen LogP contribution in [-0.4, -0.2) is 67.7 Å². The van der Waals surface area contributed by atoms with E-state index in [2.05, 4.69) is 52.6 Å². The van der Waals surface area contributed by atoms with Crippen LogP contribution in [0, 0.1) is 11.3 Å². The Hall–Kier alpha value is -2.24. The maximum atomic E-state index is 12.5. The van der Waals surface area contributed by atoms with Crippen LogP contribution in [0.3, 0.4) is 0 Å². The fourth-order valence-electron chi connectivity index (χ4n) is 3.95. The number of aromatic nitrogens is 4. The van der Waals surface area contributed by atoms with Gasteiger partial charge >= 0.3 is 0 Å². The normalized spacial score (nSPS) is 19.2. The molecule has 1 aliphatic rings. The van der Waals surface area contributed by atoms with Gasteiger partial charge in [0.15, 0.2) is 11.2 Å². The average molecular weight is 524 g/mol. The van der Waals surface area contributed by atoms with Crippen LogP contribution in [0.5, 0.6) is 0 Å². The van der Waals surface area contributed by atoms with E-state index in [4.69, 9.17) is 19.2 Å². The largest absolute Gasteiger partial charge is 0.352 e. The molecule has 1 unspecified atom stereocenters. The van der Waals surface area contributed by atoms with E-state index in [0.717, 1.165) is 6.42 Å². The standard InChI is InChI=1S/C23H38N7O5P/c1-14(2)21(31)27-23-26-20-19(22(32)28-23)25-13-29(20)18-9-8-17(35-18)12-34-36(33-11-7-10-24)30(15(3)4)16(5)6/h10,13-18,24H,7-9,11-12H2,1-6H3,(H2,26,27,28,31,32)/t17-,18+,36?/m0/s1. The number of imidazole rings is 1. The summed E-state index contributed by atoms with van der Waals surface area (Å²) in [6, 6.07) is 0.473. The molecule has 3 heterocycles. The van der Waals surface area contributed by atoms with Crippen molar-refractivity contribution in [3.63, 3.8) is 0 Å². The molecule has 0 saturated carbocycles. The zero-order chi connectivity index (χ0) is 26.4. The topological polar surface area (TPSA) is 147 Å². The van der Waals surface area contributed by atoms with Crippen molar-refractivity contribution in [2.24, 2.45) is 5.92 Å². The summed E-state index contributed by atoms with van der Waals surface area (Å²) in [6.07, 6.45) is 4.36. The smallest absolute Gasteiger partial charge is 0.280 e. The van der Waals surface area contributed by atoms with Gasteiger partial charge in [0.05, 0.1) is 25.6 Å². The summed E-state index contributed by atoms with van der Waals surface area (Å²) < 4.78 is 22.4. The van der Waals surface area contributed by atoms with Crippen molar-refractivity contribution in [3.05, 3.63) is 16.7 Å². The second-order valence-corrected chi connectivity index (χ2v) is 11.1. The van der Waals surface area contributed by atoms with Gasteiger partial charge in [-0.25, -0.2) is 9.65 Å². The van der Waals surface area contributed by atoms with Gasteiger partial charge in [-0.15, -0.1) is 0 Å². The molecule has 1 saturated heterocycles. The zero-order valence-corrected chi connectivity index (χ0v) is 22.7. The van der Waals surface area contributed by atoms with Gasteiger partial charge in [-0.2, -0.15) is 4.98 Å². The molecule has 36 heavy (non-hydrogen) atoms. The summed E-state index contributed by atoms with van der Waals surface area (Å²) in [5, 5.41) is 9.90. The van der Waals surface area contributed by atoms with Gasteiger partial charge in [0.2, 0.25) is 11.9 Å². The molecule has 1 fully saturated rings. The molecule has 0 spiro atoms. The highest BCUT2D eigenvalue weighted by atomic mass is 31.2. The number of nitrogens with zero attached hydrogens (tertiary/aromatic N) is 4. The molecule has 0 aliphatic carbocycles. The molecule has 3 N–H and O–H groups in total. The SMILES string of the molecule is CC(C)C(=O)Nc1nc2c(ncn2[C@H]2CC[C@@H](COP(OCCC=N)N(C(C)C)C(C)C)O2)c(=O)[nH]1. The highest BCUT2D eigenvalue weighted by Crippen LogP contribution is 2.46. The Morgan fingerprint density at radius 3 is 2.67 bits per heavy atom. The molecular weight excluding hydrogens is 485 g/mol. The number of rotatable bonds is 13. The lowest BCUT2D eigenvalue weighted by atomic mass is 10.2. The quantitative estimate of drug-likeness (QED) is 0.204. The van der Waals surface area contributed by atoms with Crippen molar-refractivity contribution in [1.82, 2.24) is 24.2 Å². The lowest BCUT2D eigenvalue weighted by Gasteiger charge is -2.36. The monoisotopic (exact) mass is 523 g/mol. The van der Waals surface area contributed by atoms with E-state index in [1.54, 1.807) is 24.7 Å². The van der Waals surface area contributed by atoms with Crippen LogP contribution in [0.25, 0.3) is 11.2 Å². The molecule has 2 aromatic heterocycles. The van der Waals surface area contributed by atoms with Crippen molar-refractivity contribution >= 4 is 37.8 Å². The number of amides is 1. The van der Waals surface area contributed by atoms with Crippen LogP contribution in [0.4, 0.5) is 5.95 Å². The number of carbonyl (C=O) groups is 1. The number of ether oxygens (including phenoxy) is 1. The van der Waals surface area contributed by atoms with Crippen LogP contribution in [0.2, 0.25) is 0 Å². The lowest BCUT2D eigenvalue weighted by Crippen LogP contribution is -2.34. The first-order valence-electron chi connectivity index (χ1n) is 12.4. The maximum absolute atomic E-state index is 12.5. The molecule has 0 radical (unpaired) electrons. The minimum Gasteiger partial charge on any atom is -0.352 e. The van der Waals surface area contributed by atoms with Gasteiger partial charge in [0.1, 0.15) is 6.23 Å². The van der Waals surface area contributed by atoms with Crippen molar-refractivity contribution in [1.29, 1.82) is 5.41 Å². The summed E-state index contributed by atoms with van der Waals surface area (Å²) in [4.78, 5) is 35.8. The number of hydrogen-bond acceptors (Lipinski definition) is 9. The molecule has 12 nitrogen and oxygen atoms in total. The van der Waals surface area contributed by atoms with E-state index in [-0.39, 0.29) is 47.7 Å². The van der Waals surface area contributed by atoms with E-state index in [0.29, 0.717) is 31.7 Å². The predicted octanol–water partition coefficient (Wildman–Crippen LogP) is 3.81. The molecule has 1 aliphatic heterocycles. The van der Waals surface area contributed by atoms with Crippen LogP contribution < -0.4 is 10.9 Å². The fraction of sp³-hybridized carbons (Fsp3) is 0.696. The highest BCUT2D eigenvalue weighted by molar-refractivity contribution is 7.44. The first-order chi connectivity index (χ1) is 17.1. The molecule has 1 amide bonds. The molecule has 200 valence electrons. The molecule has 13 heteroatoms. The Morgan fingerprint density at radius 1 is 1.31 bits per heavy atom. The van der Waals surface area contributed by atoms with Crippen LogP contribution in [0.1, 0.15) is 67.0 Å². The Balaban J connectivity index is 1.70. The van der Waals surface area contributed by atoms with E-state index >= 15 is 0 Å². The Labute approximate surface area is 212 Å². The van der Waals surface area contributed by atoms with Crippen molar-refractivity contribution < 1.29 is 18.6 Å². The number of nitrogens with one attached hydrogen (secondary N) is 3. The minimum absolute atomic E-state index is 0.0843. The molecule has 0 aromatic carbocycles. The number of anilines is 1. The predicted molar refractivity (Wildman–Crippen MR) is 139 cm³/mol. The number of aromatic amines is 1. The lowest BCUT2D eigenvalue weighted by molar-refractivity contribution is -0.118. The van der Waals surface area contributed by atoms with Gasteiger partial charge < -0.3 is 19.2 Å². The average Bonchev–Trinajstić information content (AvgIpc) is 3.44. The van der Waals surface area contributed by atoms with Crippen LogP contribution in [0.15, 0.2) is 11.1 Å². The molecule has 2 aromatic rings. The summed E-state index contributed by atoms with van der Waals surface area (Å²) >= 11 is 0. The van der Waals surface area contributed by atoms with E-state index in [1.165, 1.54) is 6.21 Å². The van der Waals surface area contributed by atoms with Gasteiger partial charge in [0, 0.05) is 24.4 Å². The first-order valence-corrected chi connectivity index (χ1v) is 13.5. The van der Waals surface area contributed by atoms with Crippen LogP contribution in [-0.2, 0) is 18.6 Å².